The third kappa shape index (κ3) is 6.08. The SMILES string of the molecule is CCOC(=O)C1=C(C)N(Cc2ccc(C(=O)N3CCN(c4ccccc4F)CC3)cc2)C(=O)CC1c1ccc(C)cc1. The first kappa shape index (κ1) is 29.0. The predicted octanol–water partition coefficient (Wildman–Crippen LogP) is 5.45. The molecule has 3 aromatic carbocycles. The number of para-hydroxylation sites is 1. The minimum atomic E-state index is -0.408. The van der Waals surface area contributed by atoms with Crippen LogP contribution in [-0.2, 0) is 20.9 Å². The summed E-state index contributed by atoms with van der Waals surface area (Å²) in [4.78, 5) is 45.0. The van der Waals surface area contributed by atoms with Gasteiger partial charge < -0.3 is 19.4 Å². The number of allylic oxidation sites excluding steroid dienone is 1. The van der Waals surface area contributed by atoms with Gasteiger partial charge in [0.05, 0.1) is 24.4 Å². The van der Waals surface area contributed by atoms with Gasteiger partial charge in [0, 0.05) is 49.8 Å². The largest absolute Gasteiger partial charge is 0.463 e. The van der Waals surface area contributed by atoms with E-state index in [0.717, 1.165) is 16.7 Å². The van der Waals surface area contributed by atoms with E-state index in [-0.39, 0.29) is 43.1 Å². The number of carbonyl (C=O) groups is 3. The summed E-state index contributed by atoms with van der Waals surface area (Å²) in [5, 5.41) is 0. The van der Waals surface area contributed by atoms with Crippen LogP contribution in [-0.4, -0.2) is 60.4 Å². The van der Waals surface area contributed by atoms with Crippen LogP contribution in [0.3, 0.4) is 0 Å². The highest BCUT2D eigenvalue weighted by molar-refractivity contribution is 5.96. The highest BCUT2D eigenvalue weighted by atomic mass is 19.1. The molecule has 7 nitrogen and oxygen atoms in total. The van der Waals surface area contributed by atoms with Gasteiger partial charge in [0.15, 0.2) is 0 Å². The van der Waals surface area contributed by atoms with Crippen LogP contribution in [0, 0.1) is 12.7 Å². The van der Waals surface area contributed by atoms with Crippen LogP contribution in [0.1, 0.15) is 53.2 Å². The lowest BCUT2D eigenvalue weighted by Gasteiger charge is -2.36. The Morgan fingerprint density at radius 2 is 1.57 bits per heavy atom. The Kier molecular flexibility index (Phi) is 8.71. The summed E-state index contributed by atoms with van der Waals surface area (Å²) < 4.78 is 19.6. The molecule has 1 unspecified atom stereocenters. The molecular weight excluding hydrogens is 533 g/mol. The number of carbonyl (C=O) groups excluding carboxylic acids is 3. The quantitative estimate of drug-likeness (QED) is 0.354. The molecule has 0 bridgehead atoms. The van der Waals surface area contributed by atoms with Crippen molar-refractivity contribution >= 4 is 23.5 Å². The highest BCUT2D eigenvalue weighted by Crippen LogP contribution is 2.38. The number of aryl methyl sites for hydroxylation is 1. The molecule has 2 aliphatic heterocycles. The van der Waals surface area contributed by atoms with Gasteiger partial charge in [0.25, 0.3) is 5.91 Å². The van der Waals surface area contributed by atoms with Gasteiger partial charge in [0.1, 0.15) is 5.82 Å². The smallest absolute Gasteiger partial charge is 0.336 e. The van der Waals surface area contributed by atoms with Gasteiger partial charge in [-0.1, -0.05) is 54.1 Å². The summed E-state index contributed by atoms with van der Waals surface area (Å²) in [7, 11) is 0. The lowest BCUT2D eigenvalue weighted by Crippen LogP contribution is -2.49. The Morgan fingerprint density at radius 1 is 0.905 bits per heavy atom. The molecule has 1 fully saturated rings. The van der Waals surface area contributed by atoms with Gasteiger partial charge in [-0.15, -0.1) is 0 Å². The van der Waals surface area contributed by atoms with Gasteiger partial charge in [-0.25, -0.2) is 9.18 Å². The number of anilines is 1. The molecule has 8 heteroatoms. The van der Waals surface area contributed by atoms with Crippen molar-refractivity contribution in [1.82, 2.24) is 9.80 Å². The topological polar surface area (TPSA) is 70.2 Å². The second-order valence-electron chi connectivity index (χ2n) is 10.8. The lowest BCUT2D eigenvalue weighted by molar-refractivity contribution is -0.140. The molecule has 0 saturated carbocycles. The Morgan fingerprint density at radius 3 is 2.21 bits per heavy atom. The number of hydrogen-bond donors (Lipinski definition) is 0. The van der Waals surface area contributed by atoms with Crippen LogP contribution in [0.5, 0.6) is 0 Å². The molecule has 1 atom stereocenters. The van der Waals surface area contributed by atoms with Crippen molar-refractivity contribution in [2.45, 2.75) is 39.7 Å². The number of amides is 2. The average molecular weight is 570 g/mol. The fraction of sp³-hybridized carbons (Fsp3) is 0.324. The number of ether oxygens (including phenoxy) is 1. The molecule has 2 heterocycles. The third-order valence-corrected chi connectivity index (χ3v) is 8.10. The fourth-order valence-electron chi connectivity index (χ4n) is 5.74. The molecule has 0 aliphatic carbocycles. The van der Waals surface area contributed by atoms with Crippen LogP contribution in [0.25, 0.3) is 0 Å². The van der Waals surface area contributed by atoms with E-state index in [9.17, 15) is 18.8 Å². The monoisotopic (exact) mass is 569 g/mol. The van der Waals surface area contributed by atoms with Crippen LogP contribution in [0.15, 0.2) is 84.1 Å². The summed E-state index contributed by atoms with van der Waals surface area (Å²) in [6.07, 6.45) is 0.171. The molecule has 0 N–H and O–H groups in total. The number of hydrogen-bond acceptors (Lipinski definition) is 5. The van der Waals surface area contributed by atoms with E-state index in [1.165, 1.54) is 6.07 Å². The van der Waals surface area contributed by atoms with Crippen LogP contribution in [0.4, 0.5) is 10.1 Å². The second kappa shape index (κ2) is 12.6. The maximum absolute atomic E-state index is 14.2. The maximum Gasteiger partial charge on any atom is 0.336 e. The standard InChI is InChI=1S/C34H36FN3O4/c1-4-42-34(41)32-24(3)38(31(39)21-28(32)26-13-9-23(2)10-14-26)22-25-11-15-27(16-12-25)33(40)37-19-17-36(18-20-37)30-8-6-5-7-29(30)35/h5-16,28H,4,17-22H2,1-3H3. The molecule has 1 saturated heterocycles. The van der Waals surface area contributed by atoms with Crippen molar-refractivity contribution in [2.24, 2.45) is 0 Å². The van der Waals surface area contributed by atoms with Crippen molar-refractivity contribution < 1.29 is 23.5 Å². The molecular formula is C34H36FN3O4. The molecule has 2 aliphatic rings. The third-order valence-electron chi connectivity index (χ3n) is 8.10. The van der Waals surface area contributed by atoms with Gasteiger partial charge in [0.2, 0.25) is 5.91 Å². The number of rotatable bonds is 7. The Bertz CT molecular complexity index is 1490. The van der Waals surface area contributed by atoms with Gasteiger partial charge >= 0.3 is 5.97 Å². The number of nitrogens with zero attached hydrogens (tertiary/aromatic N) is 3. The first-order chi connectivity index (χ1) is 20.3. The minimum Gasteiger partial charge on any atom is -0.463 e. The van der Waals surface area contributed by atoms with E-state index < -0.39 is 5.97 Å². The molecule has 5 rings (SSSR count). The number of halogens is 1. The van der Waals surface area contributed by atoms with E-state index in [2.05, 4.69) is 0 Å². The molecule has 0 spiro atoms. The normalized spacial score (nSPS) is 17.5. The summed E-state index contributed by atoms with van der Waals surface area (Å²) in [5.74, 6) is -1.18. The molecule has 0 aromatic heterocycles. The number of benzene rings is 3. The van der Waals surface area contributed by atoms with Crippen molar-refractivity contribution in [3.05, 3.63) is 112 Å². The number of piperazine rings is 1. The van der Waals surface area contributed by atoms with E-state index in [1.54, 1.807) is 47.9 Å². The van der Waals surface area contributed by atoms with Gasteiger partial charge in [-0.3, -0.25) is 9.59 Å². The Hall–Kier alpha value is -4.46. The van der Waals surface area contributed by atoms with Crippen molar-refractivity contribution in [3.63, 3.8) is 0 Å². The first-order valence-electron chi connectivity index (χ1n) is 14.4. The van der Waals surface area contributed by atoms with Crippen molar-refractivity contribution in [3.8, 4) is 0 Å². The minimum absolute atomic E-state index is 0.0704. The van der Waals surface area contributed by atoms with E-state index >= 15 is 0 Å². The lowest BCUT2D eigenvalue weighted by atomic mass is 9.83. The zero-order chi connectivity index (χ0) is 29.8. The van der Waals surface area contributed by atoms with E-state index in [0.29, 0.717) is 48.7 Å². The molecule has 3 aromatic rings. The second-order valence-corrected chi connectivity index (χ2v) is 10.8. The van der Waals surface area contributed by atoms with Crippen LogP contribution in [0.2, 0.25) is 0 Å². The van der Waals surface area contributed by atoms with Crippen molar-refractivity contribution in [1.29, 1.82) is 0 Å². The highest BCUT2D eigenvalue weighted by Gasteiger charge is 2.37. The van der Waals surface area contributed by atoms with Gasteiger partial charge in [-0.2, -0.15) is 0 Å². The predicted molar refractivity (Wildman–Crippen MR) is 159 cm³/mol. The first-order valence-corrected chi connectivity index (χ1v) is 14.4. The molecule has 218 valence electrons. The Labute approximate surface area is 246 Å². The average Bonchev–Trinajstić information content (AvgIpc) is 3.00. The zero-order valence-electron chi connectivity index (χ0n) is 24.3. The molecule has 2 amide bonds. The number of esters is 1. The Balaban J connectivity index is 1.28. The van der Waals surface area contributed by atoms with E-state index in [4.69, 9.17) is 4.74 Å². The zero-order valence-corrected chi connectivity index (χ0v) is 24.3. The maximum atomic E-state index is 14.2. The fourth-order valence-corrected chi connectivity index (χ4v) is 5.74. The summed E-state index contributed by atoms with van der Waals surface area (Å²) in [6.45, 7) is 8.20. The summed E-state index contributed by atoms with van der Waals surface area (Å²) in [6, 6.07) is 21.8. The van der Waals surface area contributed by atoms with E-state index in [1.807, 2.05) is 54.3 Å². The summed E-state index contributed by atoms with van der Waals surface area (Å²) >= 11 is 0. The molecule has 0 radical (unpaired) electrons. The van der Waals surface area contributed by atoms with Crippen LogP contribution >= 0.6 is 0 Å². The summed E-state index contributed by atoms with van der Waals surface area (Å²) in [5.41, 5.74) is 5.07. The molecule has 42 heavy (non-hydrogen) atoms. The van der Waals surface area contributed by atoms with Crippen molar-refractivity contribution in [2.75, 3.05) is 37.7 Å². The van der Waals surface area contributed by atoms with Crippen LogP contribution < -0.4 is 4.90 Å². The van der Waals surface area contributed by atoms with Gasteiger partial charge in [-0.05, 0) is 56.2 Å².